The lowest BCUT2D eigenvalue weighted by atomic mass is 10.3. The van der Waals surface area contributed by atoms with Gasteiger partial charge in [0, 0.05) is 6.07 Å². The summed E-state index contributed by atoms with van der Waals surface area (Å²) in [5.41, 5.74) is 0.0149. The summed E-state index contributed by atoms with van der Waals surface area (Å²) in [6, 6.07) is 8.75. The standard InChI is InChI=1S/C16H13F2NO7S/c1-23-15(20)9-24-11-3-5-12(6-4-11)27(21,22)19-10-2-7-13-14(8-10)26-16(17,18)25-13/h2-8,19H,9H2,1H3. The van der Waals surface area contributed by atoms with E-state index >= 15 is 0 Å². The highest BCUT2D eigenvalue weighted by Crippen LogP contribution is 2.42. The van der Waals surface area contributed by atoms with Crippen LogP contribution in [0.4, 0.5) is 14.5 Å². The normalized spacial score (nSPS) is 14.5. The van der Waals surface area contributed by atoms with Gasteiger partial charge in [-0.3, -0.25) is 4.72 Å². The number of ether oxygens (including phenoxy) is 4. The minimum absolute atomic E-state index is 0.0149. The van der Waals surface area contributed by atoms with Gasteiger partial charge >= 0.3 is 12.3 Å². The maximum Gasteiger partial charge on any atom is 0.586 e. The molecule has 1 heterocycles. The van der Waals surface area contributed by atoms with E-state index in [2.05, 4.69) is 18.9 Å². The molecule has 27 heavy (non-hydrogen) atoms. The second-order valence-electron chi connectivity index (χ2n) is 5.27. The number of nitrogens with one attached hydrogen (secondary N) is 1. The Labute approximate surface area is 152 Å². The summed E-state index contributed by atoms with van der Waals surface area (Å²) in [6.07, 6.45) is -3.79. The molecule has 1 aliphatic heterocycles. The molecular weight excluding hydrogens is 388 g/mol. The van der Waals surface area contributed by atoms with Gasteiger partial charge in [-0.1, -0.05) is 0 Å². The van der Waals surface area contributed by atoms with Crippen molar-refractivity contribution >= 4 is 21.7 Å². The van der Waals surface area contributed by atoms with E-state index in [0.29, 0.717) is 0 Å². The van der Waals surface area contributed by atoms with Crippen LogP contribution in [0.2, 0.25) is 0 Å². The zero-order chi connectivity index (χ0) is 19.7. The lowest BCUT2D eigenvalue weighted by Crippen LogP contribution is -2.25. The van der Waals surface area contributed by atoms with Gasteiger partial charge in [-0.2, -0.15) is 0 Å². The molecule has 0 saturated carbocycles. The van der Waals surface area contributed by atoms with Crippen LogP contribution in [0.3, 0.4) is 0 Å². The molecule has 0 saturated heterocycles. The number of methoxy groups -OCH3 is 1. The number of anilines is 1. The fourth-order valence-corrected chi connectivity index (χ4v) is 3.19. The highest BCUT2D eigenvalue weighted by Gasteiger charge is 2.43. The highest BCUT2D eigenvalue weighted by molar-refractivity contribution is 7.92. The molecule has 0 radical (unpaired) electrons. The van der Waals surface area contributed by atoms with Gasteiger partial charge in [0.25, 0.3) is 10.0 Å². The van der Waals surface area contributed by atoms with Crippen molar-refractivity contribution in [3.05, 3.63) is 42.5 Å². The number of hydrogen-bond donors (Lipinski definition) is 1. The number of carbonyl (C=O) groups is 1. The number of benzene rings is 2. The fourth-order valence-electron chi connectivity index (χ4n) is 2.14. The highest BCUT2D eigenvalue weighted by atomic mass is 32.2. The molecule has 11 heteroatoms. The van der Waals surface area contributed by atoms with Crippen molar-refractivity contribution in [2.24, 2.45) is 0 Å². The van der Waals surface area contributed by atoms with E-state index in [9.17, 15) is 22.0 Å². The summed E-state index contributed by atoms with van der Waals surface area (Å²) in [6.45, 7) is -0.317. The molecule has 0 fully saturated rings. The Kier molecular flexibility index (Phi) is 4.79. The third-order valence-electron chi connectivity index (χ3n) is 3.37. The lowest BCUT2D eigenvalue weighted by molar-refractivity contribution is -0.286. The van der Waals surface area contributed by atoms with E-state index in [1.807, 2.05) is 0 Å². The van der Waals surface area contributed by atoms with Crippen LogP contribution in [-0.2, 0) is 19.6 Å². The van der Waals surface area contributed by atoms with Gasteiger partial charge in [0.05, 0.1) is 17.7 Å². The van der Waals surface area contributed by atoms with Gasteiger partial charge in [-0.15, -0.1) is 8.78 Å². The Bertz CT molecular complexity index is 961. The van der Waals surface area contributed by atoms with Crippen molar-refractivity contribution < 1.29 is 40.9 Å². The van der Waals surface area contributed by atoms with E-state index in [4.69, 9.17) is 4.74 Å². The van der Waals surface area contributed by atoms with Gasteiger partial charge in [0.15, 0.2) is 18.1 Å². The zero-order valence-corrected chi connectivity index (χ0v) is 14.6. The first-order chi connectivity index (χ1) is 12.7. The van der Waals surface area contributed by atoms with Crippen LogP contribution in [0.1, 0.15) is 0 Å². The fraction of sp³-hybridized carbons (Fsp3) is 0.188. The van der Waals surface area contributed by atoms with Crippen molar-refractivity contribution in [2.45, 2.75) is 11.2 Å². The smallest absolute Gasteiger partial charge is 0.482 e. The van der Waals surface area contributed by atoms with Crippen LogP contribution in [0.15, 0.2) is 47.4 Å². The van der Waals surface area contributed by atoms with E-state index in [-0.39, 0.29) is 34.4 Å². The van der Waals surface area contributed by atoms with E-state index in [1.54, 1.807) is 0 Å². The first kappa shape index (κ1) is 18.7. The van der Waals surface area contributed by atoms with Crippen molar-refractivity contribution in [1.82, 2.24) is 0 Å². The van der Waals surface area contributed by atoms with Gasteiger partial charge in [0.1, 0.15) is 5.75 Å². The molecule has 0 aliphatic carbocycles. The Morgan fingerprint density at radius 2 is 1.78 bits per heavy atom. The van der Waals surface area contributed by atoms with E-state index < -0.39 is 22.3 Å². The number of carbonyl (C=O) groups excluding carboxylic acids is 1. The van der Waals surface area contributed by atoms with Crippen LogP contribution in [-0.4, -0.2) is 34.4 Å². The molecule has 0 atom stereocenters. The summed E-state index contributed by atoms with van der Waals surface area (Å²) in [5.74, 6) is -0.798. The Balaban J connectivity index is 1.71. The average molecular weight is 401 g/mol. The quantitative estimate of drug-likeness (QED) is 0.742. The SMILES string of the molecule is COC(=O)COc1ccc(S(=O)(=O)Nc2ccc3c(c2)OC(F)(F)O3)cc1. The first-order valence-electron chi connectivity index (χ1n) is 7.41. The van der Waals surface area contributed by atoms with Crippen LogP contribution in [0.5, 0.6) is 17.2 Å². The zero-order valence-electron chi connectivity index (χ0n) is 13.8. The molecule has 0 bridgehead atoms. The predicted molar refractivity (Wildman–Crippen MR) is 87.4 cm³/mol. The molecule has 0 unspecified atom stereocenters. The predicted octanol–water partition coefficient (Wildman–Crippen LogP) is 2.36. The minimum Gasteiger partial charge on any atom is -0.482 e. The van der Waals surface area contributed by atoms with E-state index in [0.717, 1.165) is 12.1 Å². The molecule has 0 amide bonds. The van der Waals surface area contributed by atoms with Crippen molar-refractivity contribution in [2.75, 3.05) is 18.4 Å². The number of esters is 1. The number of fused-ring (bicyclic) bond motifs is 1. The van der Waals surface area contributed by atoms with Crippen molar-refractivity contribution in [1.29, 1.82) is 0 Å². The molecule has 3 rings (SSSR count). The molecule has 0 spiro atoms. The average Bonchev–Trinajstić information content (AvgIpc) is 2.92. The molecule has 0 aromatic heterocycles. The summed E-state index contributed by atoms with van der Waals surface area (Å²) in [7, 11) is -2.78. The first-order valence-corrected chi connectivity index (χ1v) is 8.89. The Morgan fingerprint density at radius 1 is 1.11 bits per heavy atom. The summed E-state index contributed by atoms with van der Waals surface area (Å²) in [5, 5.41) is 0. The second kappa shape index (κ2) is 6.91. The molecule has 1 N–H and O–H groups in total. The molecule has 1 aliphatic rings. The second-order valence-corrected chi connectivity index (χ2v) is 6.95. The number of alkyl halides is 2. The number of hydrogen-bond acceptors (Lipinski definition) is 7. The third kappa shape index (κ3) is 4.37. The van der Waals surface area contributed by atoms with Crippen LogP contribution in [0, 0.1) is 0 Å². The summed E-state index contributed by atoms with van der Waals surface area (Å²) >= 11 is 0. The van der Waals surface area contributed by atoms with Crippen molar-refractivity contribution in [3.63, 3.8) is 0 Å². The number of rotatable bonds is 6. The summed E-state index contributed by atoms with van der Waals surface area (Å²) in [4.78, 5) is 10.9. The molecule has 8 nitrogen and oxygen atoms in total. The topological polar surface area (TPSA) is 100 Å². The molecule has 2 aromatic carbocycles. The maximum atomic E-state index is 13.0. The van der Waals surface area contributed by atoms with E-state index in [1.165, 1.54) is 37.4 Å². The van der Waals surface area contributed by atoms with Crippen LogP contribution in [0.25, 0.3) is 0 Å². The molecule has 2 aromatic rings. The van der Waals surface area contributed by atoms with Gasteiger partial charge < -0.3 is 18.9 Å². The monoisotopic (exact) mass is 401 g/mol. The molecule has 144 valence electrons. The Morgan fingerprint density at radius 3 is 2.44 bits per heavy atom. The lowest BCUT2D eigenvalue weighted by Gasteiger charge is -2.10. The van der Waals surface area contributed by atoms with Gasteiger partial charge in [-0.05, 0) is 36.4 Å². The molecular formula is C16H13F2NO7S. The number of sulfonamides is 1. The minimum atomic E-state index is -3.99. The number of halogens is 2. The maximum absolute atomic E-state index is 13.0. The summed E-state index contributed by atoms with van der Waals surface area (Å²) < 4.78 is 71.2. The van der Waals surface area contributed by atoms with Gasteiger partial charge in [0.2, 0.25) is 0 Å². The van der Waals surface area contributed by atoms with Crippen LogP contribution < -0.4 is 18.9 Å². The Hall–Kier alpha value is -3.08. The largest absolute Gasteiger partial charge is 0.586 e. The van der Waals surface area contributed by atoms with Crippen molar-refractivity contribution in [3.8, 4) is 17.2 Å². The third-order valence-corrected chi connectivity index (χ3v) is 4.77. The van der Waals surface area contributed by atoms with Gasteiger partial charge in [-0.25, -0.2) is 13.2 Å². The van der Waals surface area contributed by atoms with Crippen LogP contribution >= 0.6 is 0 Å².